The highest BCUT2D eigenvalue weighted by molar-refractivity contribution is 8.06. The molecule has 0 amide bonds. The van der Waals surface area contributed by atoms with Gasteiger partial charge in [0.1, 0.15) is 11.6 Å². The molecule has 1 aromatic heterocycles. The molecular formula is C15H24N4S2. The topological polar surface area (TPSA) is 64.7 Å². The zero-order valence-electron chi connectivity index (χ0n) is 12.6. The van der Waals surface area contributed by atoms with Gasteiger partial charge in [-0.25, -0.2) is 4.98 Å². The Morgan fingerprint density at radius 2 is 1.71 bits per heavy atom. The van der Waals surface area contributed by atoms with Crippen LogP contribution in [0.25, 0.3) is 0 Å². The second-order valence-electron chi connectivity index (χ2n) is 5.85. The van der Waals surface area contributed by atoms with Crippen molar-refractivity contribution in [2.24, 2.45) is 0 Å². The summed E-state index contributed by atoms with van der Waals surface area (Å²) in [4.78, 5) is 13.8. The molecule has 2 N–H and O–H groups in total. The molecule has 2 heterocycles. The molecular weight excluding hydrogens is 300 g/mol. The molecule has 0 radical (unpaired) electrons. The number of anilines is 1. The van der Waals surface area contributed by atoms with Gasteiger partial charge < -0.3 is 5.73 Å². The molecule has 1 saturated carbocycles. The Morgan fingerprint density at radius 3 is 2.48 bits per heavy atom. The average molecular weight is 325 g/mol. The van der Waals surface area contributed by atoms with Gasteiger partial charge in [0, 0.05) is 22.7 Å². The summed E-state index contributed by atoms with van der Waals surface area (Å²) in [5, 5.41) is 0.978. The van der Waals surface area contributed by atoms with E-state index in [0.29, 0.717) is 22.4 Å². The van der Waals surface area contributed by atoms with E-state index in [2.05, 4.69) is 28.7 Å². The Bertz CT molecular complexity index is 477. The monoisotopic (exact) mass is 324 g/mol. The van der Waals surface area contributed by atoms with Crippen molar-refractivity contribution in [2.45, 2.75) is 61.9 Å². The molecule has 2 atom stereocenters. The second-order valence-corrected chi connectivity index (χ2v) is 8.45. The van der Waals surface area contributed by atoms with E-state index < -0.39 is 0 Å². The lowest BCUT2D eigenvalue weighted by molar-refractivity contribution is 0.426. The summed E-state index contributed by atoms with van der Waals surface area (Å²) in [6.45, 7) is 2.25. The number of hydrogen-bond acceptors (Lipinski definition) is 6. The lowest BCUT2D eigenvalue weighted by Gasteiger charge is -2.29. The van der Waals surface area contributed by atoms with E-state index in [9.17, 15) is 0 Å². The molecule has 116 valence electrons. The minimum atomic E-state index is 0.376. The van der Waals surface area contributed by atoms with Gasteiger partial charge in [-0.05, 0) is 19.3 Å². The van der Waals surface area contributed by atoms with Crippen LogP contribution in [0.15, 0.2) is 0 Å². The predicted molar refractivity (Wildman–Crippen MR) is 91.8 cm³/mol. The smallest absolute Gasteiger partial charge is 0.223 e. The average Bonchev–Trinajstić information content (AvgIpc) is 2.55. The first-order valence-electron chi connectivity index (χ1n) is 8.02. The van der Waals surface area contributed by atoms with Gasteiger partial charge in [0.15, 0.2) is 0 Å². The summed E-state index contributed by atoms with van der Waals surface area (Å²) >= 11 is 4.04. The molecule has 1 saturated heterocycles. The van der Waals surface area contributed by atoms with Gasteiger partial charge in [0.25, 0.3) is 0 Å². The van der Waals surface area contributed by atoms with Gasteiger partial charge in [-0.15, -0.1) is 11.8 Å². The van der Waals surface area contributed by atoms with Crippen molar-refractivity contribution >= 4 is 29.5 Å². The molecule has 0 spiro atoms. The van der Waals surface area contributed by atoms with E-state index in [1.165, 1.54) is 43.6 Å². The molecule has 21 heavy (non-hydrogen) atoms. The third-order valence-electron chi connectivity index (χ3n) is 4.36. The molecule has 1 aliphatic carbocycles. The van der Waals surface area contributed by atoms with E-state index >= 15 is 0 Å². The zero-order valence-corrected chi connectivity index (χ0v) is 14.3. The van der Waals surface area contributed by atoms with E-state index in [4.69, 9.17) is 10.7 Å². The molecule has 0 aromatic carbocycles. The third-order valence-corrected chi connectivity index (χ3v) is 7.61. The fourth-order valence-electron chi connectivity index (χ4n) is 3.24. The molecule has 6 heteroatoms. The summed E-state index contributed by atoms with van der Waals surface area (Å²) in [5.74, 6) is 5.18. The van der Waals surface area contributed by atoms with Gasteiger partial charge in [0.2, 0.25) is 5.95 Å². The largest absolute Gasteiger partial charge is 0.368 e. The minimum absolute atomic E-state index is 0.376. The Kier molecular flexibility index (Phi) is 5.27. The SMILES string of the molecule is CCC1SCCSC1c1nc(N)nc(C2CCCCC2)n1. The molecule has 2 unspecified atom stereocenters. The minimum Gasteiger partial charge on any atom is -0.368 e. The molecule has 2 aliphatic rings. The fraction of sp³-hybridized carbons (Fsp3) is 0.800. The number of thioether (sulfide) groups is 2. The van der Waals surface area contributed by atoms with Crippen molar-refractivity contribution in [3.05, 3.63) is 11.6 Å². The van der Waals surface area contributed by atoms with Gasteiger partial charge in [-0.2, -0.15) is 21.7 Å². The van der Waals surface area contributed by atoms with Crippen molar-refractivity contribution < 1.29 is 0 Å². The zero-order chi connectivity index (χ0) is 14.7. The Morgan fingerprint density at radius 1 is 1.00 bits per heavy atom. The van der Waals surface area contributed by atoms with Crippen LogP contribution in [0.5, 0.6) is 0 Å². The number of nitrogens with two attached hydrogens (primary N) is 1. The van der Waals surface area contributed by atoms with Gasteiger partial charge in [-0.3, -0.25) is 0 Å². The summed E-state index contributed by atoms with van der Waals surface area (Å²) in [5.41, 5.74) is 5.98. The maximum absolute atomic E-state index is 5.98. The van der Waals surface area contributed by atoms with Gasteiger partial charge in [0.05, 0.1) is 5.25 Å². The van der Waals surface area contributed by atoms with Crippen molar-refractivity contribution in [1.82, 2.24) is 15.0 Å². The highest BCUT2D eigenvalue weighted by Gasteiger charge is 2.30. The van der Waals surface area contributed by atoms with Crippen molar-refractivity contribution in [1.29, 1.82) is 0 Å². The van der Waals surface area contributed by atoms with E-state index in [1.54, 1.807) is 0 Å². The first-order chi connectivity index (χ1) is 10.3. The van der Waals surface area contributed by atoms with E-state index in [1.807, 2.05) is 11.8 Å². The van der Waals surface area contributed by atoms with Crippen molar-refractivity contribution in [2.75, 3.05) is 17.2 Å². The van der Waals surface area contributed by atoms with E-state index in [-0.39, 0.29) is 0 Å². The summed E-state index contributed by atoms with van der Waals surface area (Å²) < 4.78 is 0. The highest BCUT2D eigenvalue weighted by Crippen LogP contribution is 2.43. The van der Waals surface area contributed by atoms with Crippen molar-refractivity contribution in [3.63, 3.8) is 0 Å². The number of hydrogen-bond donors (Lipinski definition) is 1. The van der Waals surface area contributed by atoms with Crippen LogP contribution in [0, 0.1) is 0 Å². The van der Waals surface area contributed by atoms with Crippen LogP contribution < -0.4 is 5.73 Å². The number of nitrogens with zero attached hydrogens (tertiary/aromatic N) is 3. The van der Waals surface area contributed by atoms with Crippen LogP contribution >= 0.6 is 23.5 Å². The fourth-order valence-corrected chi connectivity index (χ4v) is 6.23. The quantitative estimate of drug-likeness (QED) is 0.912. The third kappa shape index (κ3) is 3.65. The number of nitrogen functional groups attached to an aromatic ring is 1. The molecule has 1 aliphatic heterocycles. The van der Waals surface area contributed by atoms with Crippen molar-refractivity contribution in [3.8, 4) is 0 Å². The molecule has 3 rings (SSSR count). The van der Waals surface area contributed by atoms with Crippen LogP contribution in [-0.2, 0) is 0 Å². The first kappa shape index (κ1) is 15.4. The lowest BCUT2D eigenvalue weighted by atomic mass is 9.89. The Hall–Kier alpha value is -0.490. The highest BCUT2D eigenvalue weighted by atomic mass is 32.2. The lowest BCUT2D eigenvalue weighted by Crippen LogP contribution is -2.22. The van der Waals surface area contributed by atoms with Crippen LogP contribution in [0.3, 0.4) is 0 Å². The summed E-state index contributed by atoms with van der Waals surface area (Å²) in [6.07, 6.45) is 7.48. The van der Waals surface area contributed by atoms with Gasteiger partial charge in [-0.1, -0.05) is 26.2 Å². The van der Waals surface area contributed by atoms with Crippen LogP contribution in [0.1, 0.15) is 68.3 Å². The van der Waals surface area contributed by atoms with Crippen LogP contribution in [0.2, 0.25) is 0 Å². The number of rotatable bonds is 3. The normalized spacial score (nSPS) is 27.7. The number of aromatic nitrogens is 3. The summed E-state index contributed by atoms with van der Waals surface area (Å²) in [6, 6.07) is 0. The Labute approximate surface area is 135 Å². The van der Waals surface area contributed by atoms with Crippen LogP contribution in [-0.4, -0.2) is 31.7 Å². The summed E-state index contributed by atoms with van der Waals surface area (Å²) in [7, 11) is 0. The second kappa shape index (κ2) is 7.18. The molecule has 4 nitrogen and oxygen atoms in total. The molecule has 0 bridgehead atoms. The van der Waals surface area contributed by atoms with Crippen LogP contribution in [0.4, 0.5) is 5.95 Å². The van der Waals surface area contributed by atoms with E-state index in [0.717, 1.165) is 18.1 Å². The molecule has 2 fully saturated rings. The Balaban J connectivity index is 1.85. The first-order valence-corrected chi connectivity index (χ1v) is 10.1. The maximum Gasteiger partial charge on any atom is 0.223 e. The molecule has 1 aromatic rings. The van der Waals surface area contributed by atoms with Gasteiger partial charge >= 0.3 is 0 Å². The maximum atomic E-state index is 5.98. The standard InChI is InChI=1S/C15H24N4S2/c1-2-11-12(21-9-8-20-11)14-17-13(18-15(16)19-14)10-6-4-3-5-7-10/h10-12H,2-9H2,1H3,(H2,16,17,18,19). The predicted octanol–water partition coefficient (Wildman–Crippen LogP) is 3.80.